The maximum Gasteiger partial charge on any atom is 0.0900 e. The van der Waals surface area contributed by atoms with Crippen molar-refractivity contribution in [1.29, 1.82) is 0 Å². The van der Waals surface area contributed by atoms with Crippen LogP contribution in [0.25, 0.3) is 0 Å². The van der Waals surface area contributed by atoms with Gasteiger partial charge in [-0.1, -0.05) is 0 Å². The van der Waals surface area contributed by atoms with E-state index in [1.54, 1.807) is 0 Å². The lowest BCUT2D eigenvalue weighted by Gasteiger charge is -2.15. The molecule has 2 aliphatic rings. The van der Waals surface area contributed by atoms with Gasteiger partial charge in [-0.05, 0) is 39.3 Å². The zero-order chi connectivity index (χ0) is 7.73. The SMILES string of the molecule is CC1(CCN2CCCC2)CO1. The number of nitrogens with zero attached hydrogens (tertiary/aromatic N) is 1. The first-order valence-corrected chi connectivity index (χ1v) is 4.65. The van der Waals surface area contributed by atoms with E-state index in [0.29, 0.717) is 0 Å². The molecule has 2 nitrogen and oxygen atoms in total. The summed E-state index contributed by atoms with van der Waals surface area (Å²) < 4.78 is 5.33. The van der Waals surface area contributed by atoms with Gasteiger partial charge in [0.05, 0.1) is 12.2 Å². The van der Waals surface area contributed by atoms with Crippen molar-refractivity contribution in [2.45, 2.75) is 31.8 Å². The van der Waals surface area contributed by atoms with E-state index in [2.05, 4.69) is 11.8 Å². The quantitative estimate of drug-likeness (QED) is 0.570. The molecule has 2 fully saturated rings. The van der Waals surface area contributed by atoms with Gasteiger partial charge in [0.15, 0.2) is 0 Å². The highest BCUT2D eigenvalue weighted by Crippen LogP contribution is 2.30. The second-order valence-electron chi connectivity index (χ2n) is 4.04. The van der Waals surface area contributed by atoms with Crippen LogP contribution in [0.3, 0.4) is 0 Å². The van der Waals surface area contributed by atoms with Crippen LogP contribution in [0.1, 0.15) is 26.2 Å². The van der Waals surface area contributed by atoms with E-state index >= 15 is 0 Å². The monoisotopic (exact) mass is 155 g/mol. The van der Waals surface area contributed by atoms with Crippen LogP contribution in [0.15, 0.2) is 0 Å². The Morgan fingerprint density at radius 1 is 1.36 bits per heavy atom. The summed E-state index contributed by atoms with van der Waals surface area (Å²) in [5, 5.41) is 0. The molecule has 2 saturated heterocycles. The highest BCUT2D eigenvalue weighted by molar-refractivity contribution is 4.87. The highest BCUT2D eigenvalue weighted by atomic mass is 16.6. The molecule has 0 N–H and O–H groups in total. The van der Waals surface area contributed by atoms with Crippen molar-refractivity contribution < 1.29 is 4.74 Å². The second kappa shape index (κ2) is 2.76. The Morgan fingerprint density at radius 3 is 2.55 bits per heavy atom. The lowest BCUT2D eigenvalue weighted by atomic mass is 10.1. The largest absolute Gasteiger partial charge is 0.370 e. The predicted octanol–water partition coefficient (Wildman–Crippen LogP) is 1.26. The third-order valence-corrected chi connectivity index (χ3v) is 2.79. The van der Waals surface area contributed by atoms with Crippen molar-refractivity contribution in [3.8, 4) is 0 Å². The number of hydrogen-bond acceptors (Lipinski definition) is 2. The van der Waals surface area contributed by atoms with Crippen molar-refractivity contribution in [1.82, 2.24) is 4.90 Å². The number of ether oxygens (including phenoxy) is 1. The molecule has 0 aromatic heterocycles. The Kier molecular flexibility index (Phi) is 1.90. The lowest BCUT2D eigenvalue weighted by Crippen LogP contribution is -2.24. The van der Waals surface area contributed by atoms with E-state index in [4.69, 9.17) is 4.74 Å². The Labute approximate surface area is 68.5 Å². The topological polar surface area (TPSA) is 15.8 Å². The molecule has 2 aliphatic heterocycles. The van der Waals surface area contributed by atoms with Gasteiger partial charge in [-0.3, -0.25) is 0 Å². The van der Waals surface area contributed by atoms with Crippen LogP contribution in [0.4, 0.5) is 0 Å². The van der Waals surface area contributed by atoms with Crippen LogP contribution in [0, 0.1) is 0 Å². The van der Waals surface area contributed by atoms with Crippen LogP contribution in [0.2, 0.25) is 0 Å². The molecule has 1 atom stereocenters. The molecular formula is C9H17NO. The minimum atomic E-state index is 0.266. The van der Waals surface area contributed by atoms with Gasteiger partial charge in [0.2, 0.25) is 0 Å². The minimum Gasteiger partial charge on any atom is -0.370 e. The van der Waals surface area contributed by atoms with Gasteiger partial charge in [-0.25, -0.2) is 0 Å². The maximum absolute atomic E-state index is 5.33. The Morgan fingerprint density at radius 2 is 2.00 bits per heavy atom. The zero-order valence-electron chi connectivity index (χ0n) is 7.31. The van der Waals surface area contributed by atoms with Crippen LogP contribution in [-0.2, 0) is 4.74 Å². The maximum atomic E-state index is 5.33. The van der Waals surface area contributed by atoms with Gasteiger partial charge in [0.25, 0.3) is 0 Å². The van der Waals surface area contributed by atoms with Gasteiger partial charge < -0.3 is 9.64 Å². The minimum absolute atomic E-state index is 0.266. The third kappa shape index (κ3) is 1.94. The molecule has 64 valence electrons. The normalized spacial score (nSPS) is 37.9. The van der Waals surface area contributed by atoms with Crippen molar-refractivity contribution in [2.75, 3.05) is 26.2 Å². The van der Waals surface area contributed by atoms with Crippen molar-refractivity contribution in [3.05, 3.63) is 0 Å². The molecule has 0 aliphatic carbocycles. The summed E-state index contributed by atoms with van der Waals surface area (Å²) in [5.41, 5.74) is 0.266. The van der Waals surface area contributed by atoms with Crippen molar-refractivity contribution in [2.24, 2.45) is 0 Å². The van der Waals surface area contributed by atoms with E-state index in [1.807, 2.05) is 0 Å². The molecule has 0 saturated carbocycles. The summed E-state index contributed by atoms with van der Waals surface area (Å²) in [7, 11) is 0. The van der Waals surface area contributed by atoms with Gasteiger partial charge in [-0.15, -0.1) is 0 Å². The fourth-order valence-corrected chi connectivity index (χ4v) is 1.67. The first-order chi connectivity index (χ1) is 5.29. The predicted molar refractivity (Wildman–Crippen MR) is 44.6 cm³/mol. The molecule has 0 spiro atoms. The molecule has 0 amide bonds. The first kappa shape index (κ1) is 7.56. The summed E-state index contributed by atoms with van der Waals surface area (Å²) in [5.74, 6) is 0. The van der Waals surface area contributed by atoms with Gasteiger partial charge in [0.1, 0.15) is 0 Å². The Balaban J connectivity index is 1.65. The van der Waals surface area contributed by atoms with E-state index in [0.717, 1.165) is 6.61 Å². The van der Waals surface area contributed by atoms with E-state index in [1.165, 1.54) is 38.9 Å². The molecule has 0 aromatic carbocycles. The first-order valence-electron chi connectivity index (χ1n) is 4.65. The summed E-state index contributed by atoms with van der Waals surface area (Å²) in [6.07, 6.45) is 4.03. The Bertz CT molecular complexity index is 136. The average Bonchev–Trinajstić information content (AvgIpc) is 2.53. The number of likely N-dealkylation sites (tertiary alicyclic amines) is 1. The average molecular weight is 155 g/mol. The van der Waals surface area contributed by atoms with E-state index in [9.17, 15) is 0 Å². The molecule has 2 heterocycles. The number of rotatable bonds is 3. The molecule has 1 unspecified atom stereocenters. The van der Waals surface area contributed by atoms with Crippen LogP contribution in [-0.4, -0.2) is 36.7 Å². The fraction of sp³-hybridized carbons (Fsp3) is 1.00. The standard InChI is InChI=1S/C9H17NO/c1-9(8-11-9)4-7-10-5-2-3-6-10/h2-8H2,1H3. The lowest BCUT2D eigenvalue weighted by molar-refractivity contribution is 0.256. The number of epoxide rings is 1. The molecule has 2 rings (SSSR count). The van der Waals surface area contributed by atoms with E-state index in [-0.39, 0.29) is 5.60 Å². The molecular weight excluding hydrogens is 138 g/mol. The van der Waals surface area contributed by atoms with Crippen molar-refractivity contribution >= 4 is 0 Å². The fourth-order valence-electron chi connectivity index (χ4n) is 1.67. The van der Waals surface area contributed by atoms with Gasteiger partial charge in [-0.2, -0.15) is 0 Å². The summed E-state index contributed by atoms with van der Waals surface area (Å²) in [6, 6.07) is 0. The van der Waals surface area contributed by atoms with Crippen LogP contribution >= 0.6 is 0 Å². The van der Waals surface area contributed by atoms with Crippen LogP contribution < -0.4 is 0 Å². The molecule has 0 radical (unpaired) electrons. The number of hydrogen-bond donors (Lipinski definition) is 0. The summed E-state index contributed by atoms with van der Waals surface area (Å²) >= 11 is 0. The van der Waals surface area contributed by atoms with Crippen LogP contribution in [0.5, 0.6) is 0 Å². The zero-order valence-corrected chi connectivity index (χ0v) is 7.31. The van der Waals surface area contributed by atoms with Crippen molar-refractivity contribution in [3.63, 3.8) is 0 Å². The molecule has 0 bridgehead atoms. The summed E-state index contributed by atoms with van der Waals surface area (Å²) in [6.45, 7) is 7.08. The van der Waals surface area contributed by atoms with E-state index < -0.39 is 0 Å². The van der Waals surface area contributed by atoms with Gasteiger partial charge in [0, 0.05) is 6.54 Å². The molecule has 11 heavy (non-hydrogen) atoms. The molecule has 2 heteroatoms. The smallest absolute Gasteiger partial charge is 0.0900 e. The second-order valence-corrected chi connectivity index (χ2v) is 4.04. The van der Waals surface area contributed by atoms with Gasteiger partial charge >= 0.3 is 0 Å². The third-order valence-electron chi connectivity index (χ3n) is 2.79. The Hall–Kier alpha value is -0.0800. The highest BCUT2D eigenvalue weighted by Gasteiger charge is 2.38. The summed E-state index contributed by atoms with van der Waals surface area (Å²) in [4.78, 5) is 2.55. The molecule has 0 aromatic rings.